The van der Waals surface area contributed by atoms with E-state index >= 15 is 0 Å². The molecule has 2 fully saturated rings. The van der Waals surface area contributed by atoms with Crippen LogP contribution in [0.5, 0.6) is 0 Å². The summed E-state index contributed by atoms with van der Waals surface area (Å²) in [6.45, 7) is 2.08. The molecule has 1 atom stereocenters. The van der Waals surface area contributed by atoms with Gasteiger partial charge >= 0.3 is 0 Å². The number of hydrogen-bond donors (Lipinski definition) is 1. The molecule has 2 N–H and O–H groups in total. The zero-order valence-corrected chi connectivity index (χ0v) is 9.11. The fourth-order valence-corrected chi connectivity index (χ4v) is 2.44. The summed E-state index contributed by atoms with van der Waals surface area (Å²) in [6, 6.07) is 1.21. The Balaban J connectivity index is 1.71. The van der Waals surface area contributed by atoms with E-state index in [9.17, 15) is 0 Å². The first-order valence-corrected chi connectivity index (χ1v) is 5.83. The summed E-state index contributed by atoms with van der Waals surface area (Å²) in [6.07, 6.45) is 6.68. The topological polar surface area (TPSA) is 38.5 Å². The first kappa shape index (κ1) is 10.4. The zero-order valence-electron chi connectivity index (χ0n) is 9.11. The van der Waals surface area contributed by atoms with Gasteiger partial charge in [-0.3, -0.25) is 0 Å². The molecule has 14 heavy (non-hydrogen) atoms. The van der Waals surface area contributed by atoms with Gasteiger partial charge in [0.1, 0.15) is 0 Å². The lowest BCUT2D eigenvalue weighted by atomic mass is 9.91. The smallest absolute Gasteiger partial charge is 0.0723 e. The molecule has 0 radical (unpaired) electrons. The van der Waals surface area contributed by atoms with Gasteiger partial charge in [0.05, 0.1) is 6.10 Å². The maximum absolute atomic E-state index is 5.89. The average Bonchev–Trinajstić information content (AvgIpc) is 2.12. The van der Waals surface area contributed by atoms with Crippen molar-refractivity contribution >= 4 is 0 Å². The molecule has 82 valence electrons. The molecule has 1 heterocycles. The van der Waals surface area contributed by atoms with Crippen LogP contribution in [0.3, 0.4) is 0 Å². The van der Waals surface area contributed by atoms with Crippen LogP contribution in [0.25, 0.3) is 0 Å². The number of hydrogen-bond acceptors (Lipinski definition) is 3. The van der Waals surface area contributed by atoms with E-state index in [1.54, 1.807) is 0 Å². The third-order valence-electron chi connectivity index (χ3n) is 3.65. The summed E-state index contributed by atoms with van der Waals surface area (Å²) in [5.74, 6) is 0. The Morgan fingerprint density at radius 1 is 1.21 bits per heavy atom. The molecule has 0 aromatic heterocycles. The van der Waals surface area contributed by atoms with Crippen LogP contribution in [-0.2, 0) is 4.74 Å². The van der Waals surface area contributed by atoms with E-state index in [2.05, 4.69) is 11.9 Å². The van der Waals surface area contributed by atoms with Crippen molar-refractivity contribution in [2.45, 2.75) is 50.3 Å². The number of nitrogens with two attached hydrogens (primary N) is 1. The van der Waals surface area contributed by atoms with E-state index in [4.69, 9.17) is 10.5 Å². The van der Waals surface area contributed by atoms with Gasteiger partial charge in [-0.1, -0.05) is 0 Å². The zero-order chi connectivity index (χ0) is 9.97. The Labute approximate surface area is 86.6 Å². The molecule has 0 aromatic carbocycles. The molecule has 1 saturated carbocycles. The summed E-state index contributed by atoms with van der Waals surface area (Å²) in [4.78, 5) is 2.47. The molecule has 1 aliphatic carbocycles. The molecule has 0 amide bonds. The molecule has 2 rings (SSSR count). The molecular weight excluding hydrogens is 176 g/mol. The summed E-state index contributed by atoms with van der Waals surface area (Å²) in [7, 11) is 2.23. The highest BCUT2D eigenvalue weighted by atomic mass is 16.5. The number of likely N-dealkylation sites (N-methyl/N-ethyl adjacent to an activating group) is 1. The highest BCUT2D eigenvalue weighted by Crippen LogP contribution is 2.22. The van der Waals surface area contributed by atoms with Gasteiger partial charge in [0, 0.05) is 25.2 Å². The Bertz CT molecular complexity index is 174. The van der Waals surface area contributed by atoms with Crippen molar-refractivity contribution in [3.8, 4) is 0 Å². The van der Waals surface area contributed by atoms with Crippen molar-refractivity contribution in [1.82, 2.24) is 4.90 Å². The fourth-order valence-electron chi connectivity index (χ4n) is 2.44. The van der Waals surface area contributed by atoms with Crippen molar-refractivity contribution < 1.29 is 4.74 Å². The van der Waals surface area contributed by atoms with Crippen LogP contribution in [0.2, 0.25) is 0 Å². The van der Waals surface area contributed by atoms with Crippen molar-refractivity contribution in [2.24, 2.45) is 5.73 Å². The standard InChI is InChI=1S/C11H22N2O/c1-13(8-11-6-7-14-11)10-4-2-9(12)3-5-10/h9-11H,2-8,12H2,1H3/t9-,10-,11?. The lowest BCUT2D eigenvalue weighted by molar-refractivity contribution is -0.0700. The van der Waals surface area contributed by atoms with E-state index in [0.717, 1.165) is 19.2 Å². The maximum atomic E-state index is 5.89. The molecule has 3 nitrogen and oxygen atoms in total. The van der Waals surface area contributed by atoms with Gasteiger partial charge in [0.2, 0.25) is 0 Å². The van der Waals surface area contributed by atoms with Gasteiger partial charge in [-0.05, 0) is 39.2 Å². The predicted octanol–water partition coefficient (Wildman–Crippen LogP) is 0.977. The van der Waals surface area contributed by atoms with Gasteiger partial charge in [-0.15, -0.1) is 0 Å². The van der Waals surface area contributed by atoms with Crippen molar-refractivity contribution in [1.29, 1.82) is 0 Å². The lowest BCUT2D eigenvalue weighted by Gasteiger charge is -2.37. The summed E-state index contributed by atoms with van der Waals surface area (Å²) < 4.78 is 5.45. The maximum Gasteiger partial charge on any atom is 0.0723 e. The van der Waals surface area contributed by atoms with Gasteiger partial charge in [-0.25, -0.2) is 0 Å². The Morgan fingerprint density at radius 3 is 2.36 bits per heavy atom. The lowest BCUT2D eigenvalue weighted by Crippen LogP contribution is -2.45. The molecule has 0 spiro atoms. The van der Waals surface area contributed by atoms with Crippen molar-refractivity contribution in [2.75, 3.05) is 20.2 Å². The summed E-state index contributed by atoms with van der Waals surface area (Å²) in [5.41, 5.74) is 5.89. The Kier molecular flexibility index (Phi) is 3.42. The van der Waals surface area contributed by atoms with Gasteiger partial charge in [0.15, 0.2) is 0 Å². The minimum absolute atomic E-state index is 0.458. The van der Waals surface area contributed by atoms with Crippen molar-refractivity contribution in [3.05, 3.63) is 0 Å². The van der Waals surface area contributed by atoms with Gasteiger partial charge in [0.25, 0.3) is 0 Å². The Hall–Kier alpha value is -0.120. The van der Waals surface area contributed by atoms with E-state index in [-0.39, 0.29) is 0 Å². The van der Waals surface area contributed by atoms with E-state index in [1.807, 2.05) is 0 Å². The highest BCUT2D eigenvalue weighted by Gasteiger charge is 2.26. The summed E-state index contributed by atoms with van der Waals surface area (Å²) >= 11 is 0. The second-order valence-corrected chi connectivity index (χ2v) is 4.79. The minimum atomic E-state index is 0.458. The van der Waals surface area contributed by atoms with Crippen LogP contribution in [0, 0.1) is 0 Å². The quantitative estimate of drug-likeness (QED) is 0.734. The molecule has 1 saturated heterocycles. The number of nitrogens with zero attached hydrogens (tertiary/aromatic N) is 1. The average molecular weight is 198 g/mol. The highest BCUT2D eigenvalue weighted by molar-refractivity contribution is 4.81. The number of rotatable bonds is 3. The second-order valence-electron chi connectivity index (χ2n) is 4.79. The normalized spacial score (nSPS) is 38.4. The molecule has 0 bridgehead atoms. The predicted molar refractivity (Wildman–Crippen MR) is 57.2 cm³/mol. The largest absolute Gasteiger partial charge is 0.377 e. The molecule has 2 aliphatic rings. The third-order valence-corrected chi connectivity index (χ3v) is 3.65. The van der Waals surface area contributed by atoms with E-state index in [1.165, 1.54) is 32.1 Å². The second kappa shape index (κ2) is 4.60. The molecule has 1 aliphatic heterocycles. The van der Waals surface area contributed by atoms with Gasteiger partial charge in [-0.2, -0.15) is 0 Å². The van der Waals surface area contributed by atoms with Crippen LogP contribution in [0.15, 0.2) is 0 Å². The number of ether oxygens (including phenoxy) is 1. The Morgan fingerprint density at radius 2 is 1.86 bits per heavy atom. The first-order valence-electron chi connectivity index (χ1n) is 5.83. The molecular formula is C11H22N2O. The van der Waals surface area contributed by atoms with Crippen LogP contribution in [-0.4, -0.2) is 43.3 Å². The molecule has 3 heteroatoms. The third kappa shape index (κ3) is 2.47. The fraction of sp³-hybridized carbons (Fsp3) is 1.00. The van der Waals surface area contributed by atoms with E-state index in [0.29, 0.717) is 12.1 Å². The first-order chi connectivity index (χ1) is 6.75. The van der Waals surface area contributed by atoms with Crippen LogP contribution in [0.1, 0.15) is 32.1 Å². The minimum Gasteiger partial charge on any atom is -0.377 e. The monoisotopic (exact) mass is 198 g/mol. The van der Waals surface area contributed by atoms with E-state index < -0.39 is 0 Å². The van der Waals surface area contributed by atoms with Gasteiger partial charge < -0.3 is 15.4 Å². The van der Waals surface area contributed by atoms with Crippen LogP contribution in [0.4, 0.5) is 0 Å². The SMILES string of the molecule is CN(CC1CCO1)[C@H]1CC[C@H](N)CC1. The van der Waals surface area contributed by atoms with Crippen LogP contribution < -0.4 is 5.73 Å². The molecule has 1 unspecified atom stereocenters. The van der Waals surface area contributed by atoms with Crippen molar-refractivity contribution in [3.63, 3.8) is 0 Å². The van der Waals surface area contributed by atoms with Crippen LogP contribution >= 0.6 is 0 Å². The molecule has 0 aromatic rings. The summed E-state index contributed by atoms with van der Waals surface area (Å²) in [5, 5.41) is 0.